The second-order valence-electron chi connectivity index (χ2n) is 3.77. The van der Waals surface area contributed by atoms with Crippen LogP contribution in [0.15, 0.2) is 6.07 Å². The van der Waals surface area contributed by atoms with Crippen molar-refractivity contribution in [2.75, 3.05) is 7.11 Å². The molecule has 0 saturated heterocycles. The Labute approximate surface area is 110 Å². The minimum Gasteiger partial charge on any atom is -0.469 e. The summed E-state index contributed by atoms with van der Waals surface area (Å²) in [4.78, 5) is 14.5. The first-order valence-electron chi connectivity index (χ1n) is 5.35. The van der Waals surface area contributed by atoms with E-state index in [4.69, 9.17) is 5.73 Å². The molecule has 9 heteroatoms. The van der Waals surface area contributed by atoms with Crippen molar-refractivity contribution in [2.45, 2.75) is 25.6 Å². The Morgan fingerprint density at radius 2 is 2.00 bits per heavy atom. The van der Waals surface area contributed by atoms with Crippen molar-refractivity contribution in [1.82, 2.24) is 4.98 Å². The number of hydrogen-bond donors (Lipinski definition) is 1. The van der Waals surface area contributed by atoms with E-state index in [-0.39, 0.29) is 11.8 Å². The Bertz CT molecular complexity index is 502. The van der Waals surface area contributed by atoms with Crippen LogP contribution < -0.4 is 5.73 Å². The van der Waals surface area contributed by atoms with E-state index in [0.29, 0.717) is 0 Å². The Morgan fingerprint density at radius 1 is 1.40 bits per heavy atom. The van der Waals surface area contributed by atoms with Crippen LogP contribution in [0.3, 0.4) is 0 Å². The Kier molecular flexibility index (Phi) is 4.98. The lowest BCUT2D eigenvalue weighted by molar-refractivity contribution is -0.141. The smallest absolute Gasteiger partial charge is 0.418 e. The largest absolute Gasteiger partial charge is 0.469 e. The van der Waals surface area contributed by atoms with E-state index >= 15 is 0 Å². The summed E-state index contributed by atoms with van der Waals surface area (Å²) >= 11 is 0. The minimum absolute atomic E-state index is 0.276. The lowest BCUT2D eigenvalue weighted by atomic mass is 10.0. The van der Waals surface area contributed by atoms with Crippen molar-refractivity contribution in [1.29, 1.82) is 0 Å². The van der Waals surface area contributed by atoms with Gasteiger partial charge in [-0.2, -0.15) is 13.2 Å². The van der Waals surface area contributed by atoms with E-state index in [1.807, 2.05) is 0 Å². The average Bonchev–Trinajstić information content (AvgIpc) is 2.36. The summed E-state index contributed by atoms with van der Waals surface area (Å²) in [6.45, 7) is -0.466. The Morgan fingerprint density at radius 3 is 2.40 bits per heavy atom. The number of alkyl halides is 5. The topological polar surface area (TPSA) is 65.2 Å². The van der Waals surface area contributed by atoms with Crippen LogP contribution >= 0.6 is 0 Å². The lowest BCUT2D eigenvalue weighted by Crippen LogP contribution is -2.18. The highest BCUT2D eigenvalue weighted by atomic mass is 19.4. The highest BCUT2D eigenvalue weighted by molar-refractivity contribution is 5.72. The molecule has 0 amide bonds. The van der Waals surface area contributed by atoms with E-state index < -0.39 is 48.4 Å². The average molecular weight is 298 g/mol. The number of hydrogen-bond acceptors (Lipinski definition) is 4. The molecule has 1 aromatic heterocycles. The molecule has 2 N–H and O–H groups in total. The first-order chi connectivity index (χ1) is 9.20. The zero-order valence-corrected chi connectivity index (χ0v) is 10.3. The van der Waals surface area contributed by atoms with Crippen molar-refractivity contribution in [3.8, 4) is 0 Å². The summed E-state index contributed by atoms with van der Waals surface area (Å²) in [5, 5.41) is 0. The fourth-order valence-corrected chi connectivity index (χ4v) is 1.55. The standard InChI is InChI=1S/C11H11F5N2O2/c1-20-9(19)3-7-6(11(14,15)16)2-5(10(12)13)8(4-17)18-7/h2,10H,3-4,17H2,1H3. The van der Waals surface area contributed by atoms with Crippen LogP contribution in [0.4, 0.5) is 22.0 Å². The van der Waals surface area contributed by atoms with Gasteiger partial charge in [0.1, 0.15) is 0 Å². The fraction of sp³-hybridized carbons (Fsp3) is 0.455. The van der Waals surface area contributed by atoms with Crippen molar-refractivity contribution in [3.05, 3.63) is 28.6 Å². The molecule has 0 fully saturated rings. The Hall–Kier alpha value is -1.77. The van der Waals surface area contributed by atoms with Crippen LogP contribution in [0.25, 0.3) is 0 Å². The van der Waals surface area contributed by atoms with Crippen molar-refractivity contribution >= 4 is 5.97 Å². The predicted molar refractivity (Wildman–Crippen MR) is 57.8 cm³/mol. The number of carbonyl (C=O) groups is 1. The van der Waals surface area contributed by atoms with Crippen LogP contribution in [-0.2, 0) is 28.7 Å². The Balaban J connectivity index is 3.43. The van der Waals surface area contributed by atoms with Crippen LogP contribution in [0.2, 0.25) is 0 Å². The van der Waals surface area contributed by atoms with E-state index in [1.165, 1.54) is 0 Å². The summed E-state index contributed by atoms with van der Waals surface area (Å²) in [6, 6.07) is 0.276. The number of esters is 1. The third kappa shape index (κ3) is 3.62. The number of halogens is 5. The van der Waals surface area contributed by atoms with Gasteiger partial charge in [-0.25, -0.2) is 8.78 Å². The molecule has 1 heterocycles. The maximum Gasteiger partial charge on any atom is 0.418 e. The second-order valence-corrected chi connectivity index (χ2v) is 3.77. The molecule has 20 heavy (non-hydrogen) atoms. The van der Waals surface area contributed by atoms with Gasteiger partial charge in [0.2, 0.25) is 0 Å². The number of ether oxygens (including phenoxy) is 1. The second kappa shape index (κ2) is 6.12. The van der Waals surface area contributed by atoms with Gasteiger partial charge in [0.05, 0.1) is 30.5 Å². The quantitative estimate of drug-likeness (QED) is 0.683. The van der Waals surface area contributed by atoms with Crippen LogP contribution in [0.1, 0.15) is 28.9 Å². The van der Waals surface area contributed by atoms with Gasteiger partial charge >= 0.3 is 12.1 Å². The SMILES string of the molecule is COC(=O)Cc1nc(CN)c(C(F)F)cc1C(F)(F)F. The van der Waals surface area contributed by atoms with Crippen molar-refractivity contribution < 1.29 is 31.5 Å². The molecule has 0 atom stereocenters. The van der Waals surface area contributed by atoms with Gasteiger partial charge in [-0.15, -0.1) is 0 Å². The van der Waals surface area contributed by atoms with Crippen LogP contribution in [-0.4, -0.2) is 18.1 Å². The van der Waals surface area contributed by atoms with Gasteiger partial charge < -0.3 is 10.5 Å². The van der Waals surface area contributed by atoms with Gasteiger partial charge in [0.25, 0.3) is 6.43 Å². The minimum atomic E-state index is -4.91. The first kappa shape index (κ1) is 16.3. The van der Waals surface area contributed by atoms with Gasteiger partial charge in [-0.3, -0.25) is 9.78 Å². The zero-order chi connectivity index (χ0) is 15.5. The number of carbonyl (C=O) groups excluding carboxylic acids is 1. The predicted octanol–water partition coefficient (Wildman–Crippen LogP) is 2.21. The third-order valence-electron chi connectivity index (χ3n) is 2.49. The molecular weight excluding hydrogens is 287 g/mol. The van der Waals surface area contributed by atoms with Crippen LogP contribution in [0.5, 0.6) is 0 Å². The molecule has 0 aliphatic rings. The number of rotatable bonds is 4. The molecule has 1 rings (SSSR count). The lowest BCUT2D eigenvalue weighted by Gasteiger charge is -2.16. The molecule has 0 radical (unpaired) electrons. The van der Waals surface area contributed by atoms with Gasteiger partial charge in [-0.1, -0.05) is 0 Å². The highest BCUT2D eigenvalue weighted by Gasteiger charge is 2.36. The molecule has 0 aromatic carbocycles. The maximum atomic E-state index is 12.8. The molecule has 0 aliphatic heterocycles. The fourth-order valence-electron chi connectivity index (χ4n) is 1.55. The molecule has 112 valence electrons. The molecule has 0 unspecified atom stereocenters. The summed E-state index contributed by atoms with van der Waals surface area (Å²) in [5.41, 5.74) is 1.83. The normalized spacial score (nSPS) is 11.8. The number of methoxy groups -OCH3 is 1. The van der Waals surface area contributed by atoms with Crippen LogP contribution in [0, 0.1) is 0 Å². The number of nitrogens with zero attached hydrogens (tertiary/aromatic N) is 1. The van der Waals surface area contributed by atoms with Crippen molar-refractivity contribution in [3.63, 3.8) is 0 Å². The highest BCUT2D eigenvalue weighted by Crippen LogP contribution is 2.35. The van der Waals surface area contributed by atoms with Gasteiger partial charge in [0.15, 0.2) is 0 Å². The summed E-state index contributed by atoms with van der Waals surface area (Å²) in [7, 11) is 0.993. The molecule has 0 saturated carbocycles. The van der Waals surface area contributed by atoms with Gasteiger partial charge in [0, 0.05) is 12.1 Å². The summed E-state index contributed by atoms with van der Waals surface area (Å²) < 4.78 is 68.1. The molecule has 1 aromatic rings. The number of aromatic nitrogens is 1. The number of pyridine rings is 1. The summed E-state index contributed by atoms with van der Waals surface area (Å²) in [6.07, 6.45) is -8.83. The van der Waals surface area contributed by atoms with E-state index in [2.05, 4.69) is 9.72 Å². The number of nitrogens with two attached hydrogens (primary N) is 1. The first-order valence-corrected chi connectivity index (χ1v) is 5.35. The molecule has 4 nitrogen and oxygen atoms in total. The van der Waals surface area contributed by atoms with Gasteiger partial charge in [-0.05, 0) is 6.07 Å². The molecule has 0 aliphatic carbocycles. The monoisotopic (exact) mass is 298 g/mol. The molecule has 0 bridgehead atoms. The zero-order valence-electron chi connectivity index (χ0n) is 10.3. The molecule has 0 spiro atoms. The van der Waals surface area contributed by atoms with E-state index in [1.54, 1.807) is 0 Å². The van der Waals surface area contributed by atoms with Crippen molar-refractivity contribution in [2.24, 2.45) is 5.73 Å². The van der Waals surface area contributed by atoms with E-state index in [9.17, 15) is 26.7 Å². The van der Waals surface area contributed by atoms with E-state index in [0.717, 1.165) is 7.11 Å². The third-order valence-corrected chi connectivity index (χ3v) is 2.49. The molecular formula is C11H11F5N2O2. The summed E-state index contributed by atoms with van der Waals surface area (Å²) in [5.74, 6) is -0.962. The maximum absolute atomic E-state index is 12.8.